The third kappa shape index (κ3) is 1.16. The van der Waals surface area contributed by atoms with Gasteiger partial charge in [0.25, 0.3) is 0 Å². The quantitative estimate of drug-likeness (QED) is 0.746. The van der Waals surface area contributed by atoms with Crippen molar-refractivity contribution >= 4 is 6.03 Å². The second kappa shape index (κ2) is 2.74. The molecule has 1 saturated heterocycles. The zero-order chi connectivity index (χ0) is 9.54. The molecule has 1 aliphatic carbocycles. The number of hydrogen-bond acceptors (Lipinski definition) is 1. The molecule has 1 N–H and O–H groups in total. The summed E-state index contributed by atoms with van der Waals surface area (Å²) in [5.74, 6) is 0. The monoisotopic (exact) mass is 188 g/mol. The van der Waals surface area contributed by atoms with Gasteiger partial charge in [-0.3, -0.25) is 0 Å². The molecule has 0 unspecified atom stereocenters. The number of carbonyl (C=O) groups excluding carboxylic acids is 1. The smallest absolute Gasteiger partial charge is 0.318 e. The maximum atomic E-state index is 11.4. The van der Waals surface area contributed by atoms with E-state index in [1.54, 1.807) is 0 Å². The van der Waals surface area contributed by atoms with E-state index in [0.29, 0.717) is 12.1 Å². The van der Waals surface area contributed by atoms with E-state index in [4.69, 9.17) is 0 Å². The number of nitrogens with zero attached hydrogens (tertiary/aromatic N) is 1. The van der Waals surface area contributed by atoms with Crippen LogP contribution in [0.25, 0.3) is 0 Å². The molecule has 3 heteroatoms. The van der Waals surface area contributed by atoms with Crippen LogP contribution < -0.4 is 5.32 Å². The number of benzene rings is 1. The first-order valence-corrected chi connectivity index (χ1v) is 4.95. The zero-order valence-electron chi connectivity index (χ0n) is 7.81. The van der Waals surface area contributed by atoms with Crippen LogP contribution >= 0.6 is 0 Å². The van der Waals surface area contributed by atoms with Crippen molar-refractivity contribution in [2.24, 2.45) is 0 Å². The number of hydrogen-bond donors (Lipinski definition) is 1. The van der Waals surface area contributed by atoms with Crippen molar-refractivity contribution in [3.8, 4) is 0 Å². The van der Waals surface area contributed by atoms with Crippen LogP contribution in [0.2, 0.25) is 0 Å². The highest BCUT2D eigenvalue weighted by Gasteiger charge is 2.51. The van der Waals surface area contributed by atoms with Crippen LogP contribution in [0, 0.1) is 0 Å². The summed E-state index contributed by atoms with van der Waals surface area (Å²) in [7, 11) is 0. The maximum Gasteiger partial charge on any atom is 0.318 e. The number of amides is 2. The van der Waals surface area contributed by atoms with Gasteiger partial charge < -0.3 is 10.2 Å². The number of nitrogens with one attached hydrogen (secondary N) is 1. The summed E-state index contributed by atoms with van der Waals surface area (Å²) >= 11 is 0. The molecule has 72 valence electrons. The third-order valence-corrected chi connectivity index (χ3v) is 2.92. The normalized spacial score (nSPS) is 28.6. The Bertz CT molecular complexity index is 363. The molecule has 1 saturated carbocycles. The van der Waals surface area contributed by atoms with Gasteiger partial charge in [-0.15, -0.1) is 0 Å². The summed E-state index contributed by atoms with van der Waals surface area (Å²) < 4.78 is 0. The first kappa shape index (κ1) is 7.85. The predicted octanol–water partition coefficient (Wildman–Crippen LogP) is 1.35. The summed E-state index contributed by atoms with van der Waals surface area (Å²) in [5.41, 5.74) is 1.20. The Morgan fingerprint density at radius 1 is 1.36 bits per heavy atom. The van der Waals surface area contributed by atoms with Crippen molar-refractivity contribution in [2.45, 2.75) is 25.0 Å². The summed E-state index contributed by atoms with van der Waals surface area (Å²) in [6.45, 7) is 0.744. The molecule has 2 aliphatic rings. The summed E-state index contributed by atoms with van der Waals surface area (Å²) in [6, 6.07) is 11.1. The number of urea groups is 1. The van der Waals surface area contributed by atoms with Crippen molar-refractivity contribution in [2.75, 3.05) is 0 Å². The minimum absolute atomic E-state index is 0.0927. The highest BCUT2D eigenvalue weighted by atomic mass is 16.2. The van der Waals surface area contributed by atoms with Gasteiger partial charge in [-0.25, -0.2) is 4.79 Å². The van der Waals surface area contributed by atoms with E-state index in [2.05, 4.69) is 17.4 Å². The Morgan fingerprint density at radius 3 is 2.79 bits per heavy atom. The lowest BCUT2D eigenvalue weighted by Gasteiger charge is -2.16. The van der Waals surface area contributed by atoms with Gasteiger partial charge in [0, 0.05) is 6.54 Å². The van der Waals surface area contributed by atoms with Gasteiger partial charge in [-0.05, 0) is 12.0 Å². The molecule has 1 aliphatic heterocycles. The molecule has 0 aromatic heterocycles. The van der Waals surface area contributed by atoms with E-state index < -0.39 is 0 Å². The van der Waals surface area contributed by atoms with E-state index in [9.17, 15) is 4.79 Å². The summed E-state index contributed by atoms with van der Waals surface area (Å²) in [5, 5.41) is 2.95. The molecule has 0 bridgehead atoms. The molecule has 1 aromatic carbocycles. The van der Waals surface area contributed by atoms with Crippen molar-refractivity contribution in [1.29, 1.82) is 0 Å². The lowest BCUT2D eigenvalue weighted by atomic mass is 10.2. The molecule has 0 radical (unpaired) electrons. The molecule has 1 aromatic rings. The number of rotatable bonds is 2. The second-order valence-electron chi connectivity index (χ2n) is 3.97. The fourth-order valence-corrected chi connectivity index (χ4v) is 2.04. The number of fused-ring (bicyclic) bond motifs is 1. The topological polar surface area (TPSA) is 32.3 Å². The van der Waals surface area contributed by atoms with E-state index in [-0.39, 0.29) is 6.03 Å². The van der Waals surface area contributed by atoms with E-state index in [1.165, 1.54) is 5.56 Å². The fourth-order valence-electron chi connectivity index (χ4n) is 2.04. The van der Waals surface area contributed by atoms with Crippen LogP contribution in [-0.4, -0.2) is 23.0 Å². The van der Waals surface area contributed by atoms with E-state index in [1.807, 2.05) is 23.1 Å². The maximum absolute atomic E-state index is 11.4. The minimum Gasteiger partial charge on any atom is -0.333 e. The molecule has 0 spiro atoms. The Hall–Kier alpha value is -1.51. The first-order valence-electron chi connectivity index (χ1n) is 4.95. The van der Waals surface area contributed by atoms with Gasteiger partial charge in [0.05, 0.1) is 12.1 Å². The van der Waals surface area contributed by atoms with Crippen molar-refractivity contribution in [1.82, 2.24) is 10.2 Å². The Morgan fingerprint density at radius 2 is 2.14 bits per heavy atom. The molecule has 3 rings (SSSR count). The average Bonchev–Trinajstić information content (AvgIpc) is 2.89. The molecule has 3 nitrogen and oxygen atoms in total. The first-order chi connectivity index (χ1) is 6.84. The molecule has 14 heavy (non-hydrogen) atoms. The summed E-state index contributed by atoms with van der Waals surface area (Å²) in [6.07, 6.45) is 1.12. The average molecular weight is 188 g/mol. The van der Waals surface area contributed by atoms with Gasteiger partial charge >= 0.3 is 6.03 Å². The Balaban J connectivity index is 1.76. The predicted molar refractivity (Wildman–Crippen MR) is 52.7 cm³/mol. The Labute approximate surface area is 82.7 Å². The Kier molecular flexibility index (Phi) is 1.54. The second-order valence-corrected chi connectivity index (χ2v) is 3.97. The zero-order valence-corrected chi connectivity index (χ0v) is 7.81. The lowest BCUT2D eigenvalue weighted by molar-refractivity contribution is 0.206. The van der Waals surface area contributed by atoms with Gasteiger partial charge in [-0.2, -0.15) is 0 Å². The molecule has 2 amide bonds. The fraction of sp³-hybridized carbons (Fsp3) is 0.364. The van der Waals surface area contributed by atoms with Crippen LogP contribution in [0.3, 0.4) is 0 Å². The molecule has 2 fully saturated rings. The van der Waals surface area contributed by atoms with Gasteiger partial charge in [0.1, 0.15) is 0 Å². The van der Waals surface area contributed by atoms with Crippen LogP contribution in [0.4, 0.5) is 4.79 Å². The molecular formula is C11H12N2O. The van der Waals surface area contributed by atoms with Gasteiger partial charge in [0.15, 0.2) is 0 Å². The third-order valence-electron chi connectivity index (χ3n) is 2.92. The highest BCUT2D eigenvalue weighted by molar-refractivity contribution is 5.79. The highest BCUT2D eigenvalue weighted by Crippen LogP contribution is 2.34. The van der Waals surface area contributed by atoms with E-state index >= 15 is 0 Å². The standard InChI is InChI=1S/C11H12N2O/c14-11-12-9-6-10(9)13(11)7-8-4-2-1-3-5-8/h1-5,9-10H,6-7H2,(H,12,14)/t9-,10+/m1/s1. The lowest BCUT2D eigenvalue weighted by Crippen LogP contribution is -2.32. The largest absolute Gasteiger partial charge is 0.333 e. The molecule has 2 atom stereocenters. The van der Waals surface area contributed by atoms with Crippen molar-refractivity contribution in [3.05, 3.63) is 35.9 Å². The molecule has 1 heterocycles. The van der Waals surface area contributed by atoms with Gasteiger partial charge in [0.2, 0.25) is 0 Å². The van der Waals surface area contributed by atoms with Crippen LogP contribution in [-0.2, 0) is 6.54 Å². The number of carbonyl (C=O) groups is 1. The molecular weight excluding hydrogens is 176 g/mol. The van der Waals surface area contributed by atoms with Crippen molar-refractivity contribution in [3.63, 3.8) is 0 Å². The SMILES string of the molecule is O=C1N[C@@H]2C[C@@H]2N1Cc1ccccc1. The van der Waals surface area contributed by atoms with Crippen LogP contribution in [0.15, 0.2) is 30.3 Å². The van der Waals surface area contributed by atoms with E-state index in [0.717, 1.165) is 13.0 Å². The van der Waals surface area contributed by atoms with Crippen LogP contribution in [0.5, 0.6) is 0 Å². The minimum atomic E-state index is 0.0927. The summed E-state index contributed by atoms with van der Waals surface area (Å²) in [4.78, 5) is 13.4. The van der Waals surface area contributed by atoms with Gasteiger partial charge in [-0.1, -0.05) is 30.3 Å². The van der Waals surface area contributed by atoms with Crippen molar-refractivity contribution < 1.29 is 4.79 Å². The van der Waals surface area contributed by atoms with Crippen LogP contribution in [0.1, 0.15) is 12.0 Å².